The second kappa shape index (κ2) is 6.30. The van der Waals surface area contributed by atoms with Crippen molar-refractivity contribution in [3.05, 3.63) is 0 Å². The summed E-state index contributed by atoms with van der Waals surface area (Å²) in [5.41, 5.74) is 0.406. The molecule has 2 fully saturated rings. The molecule has 0 bridgehead atoms. The molecule has 0 N–H and O–H groups in total. The standard InChI is InChI=1S/C14H26OS/c16-12-14(8-3-1-2-4-9-14)11-15-10-7-13-5-6-13/h13,16H,1-12H2. The van der Waals surface area contributed by atoms with Crippen molar-refractivity contribution in [3.63, 3.8) is 0 Å². The van der Waals surface area contributed by atoms with E-state index in [1.807, 2.05) is 0 Å². The highest BCUT2D eigenvalue weighted by molar-refractivity contribution is 7.80. The molecular weight excluding hydrogens is 216 g/mol. The van der Waals surface area contributed by atoms with Gasteiger partial charge in [0.1, 0.15) is 0 Å². The van der Waals surface area contributed by atoms with Crippen LogP contribution in [-0.4, -0.2) is 19.0 Å². The van der Waals surface area contributed by atoms with Crippen molar-refractivity contribution in [2.45, 2.75) is 57.8 Å². The molecule has 0 amide bonds. The fourth-order valence-corrected chi connectivity index (χ4v) is 3.18. The Hall–Kier alpha value is 0.310. The minimum atomic E-state index is 0.406. The van der Waals surface area contributed by atoms with Gasteiger partial charge in [-0.3, -0.25) is 0 Å². The molecule has 0 atom stereocenters. The molecule has 0 aromatic heterocycles. The molecule has 0 spiro atoms. The fourth-order valence-electron chi connectivity index (χ4n) is 2.77. The third-order valence-electron chi connectivity index (χ3n) is 4.28. The molecule has 16 heavy (non-hydrogen) atoms. The molecule has 0 heterocycles. The summed E-state index contributed by atoms with van der Waals surface area (Å²) in [7, 11) is 0. The minimum absolute atomic E-state index is 0.406. The first-order valence-corrected chi connectivity index (χ1v) is 7.66. The number of hydrogen-bond acceptors (Lipinski definition) is 2. The summed E-state index contributed by atoms with van der Waals surface area (Å²) in [6.07, 6.45) is 12.4. The molecule has 2 heteroatoms. The molecule has 1 nitrogen and oxygen atoms in total. The molecule has 2 saturated carbocycles. The largest absolute Gasteiger partial charge is 0.381 e. The first-order valence-electron chi connectivity index (χ1n) is 7.03. The first kappa shape index (κ1) is 12.8. The lowest BCUT2D eigenvalue weighted by Crippen LogP contribution is -2.28. The maximum atomic E-state index is 5.92. The van der Waals surface area contributed by atoms with Crippen LogP contribution < -0.4 is 0 Å². The molecular formula is C14H26OS. The Labute approximate surface area is 106 Å². The van der Waals surface area contributed by atoms with Gasteiger partial charge in [-0.15, -0.1) is 0 Å². The second-order valence-electron chi connectivity index (χ2n) is 5.86. The highest BCUT2D eigenvalue weighted by Crippen LogP contribution is 2.37. The predicted octanol–water partition coefficient (Wildman–Crippen LogP) is 4.07. The zero-order chi connectivity index (χ0) is 11.3. The van der Waals surface area contributed by atoms with E-state index in [-0.39, 0.29) is 0 Å². The van der Waals surface area contributed by atoms with Crippen LogP contribution in [-0.2, 0) is 4.74 Å². The van der Waals surface area contributed by atoms with E-state index in [4.69, 9.17) is 4.74 Å². The Morgan fingerprint density at radius 2 is 1.75 bits per heavy atom. The van der Waals surface area contributed by atoms with Crippen LogP contribution in [0.2, 0.25) is 0 Å². The van der Waals surface area contributed by atoms with E-state index in [9.17, 15) is 0 Å². The minimum Gasteiger partial charge on any atom is -0.381 e. The van der Waals surface area contributed by atoms with E-state index < -0.39 is 0 Å². The molecule has 2 rings (SSSR count). The van der Waals surface area contributed by atoms with Gasteiger partial charge in [0.25, 0.3) is 0 Å². The van der Waals surface area contributed by atoms with Crippen LogP contribution in [0.5, 0.6) is 0 Å². The average molecular weight is 242 g/mol. The van der Waals surface area contributed by atoms with Gasteiger partial charge in [-0.25, -0.2) is 0 Å². The molecule has 94 valence electrons. The lowest BCUT2D eigenvalue weighted by molar-refractivity contribution is 0.0440. The van der Waals surface area contributed by atoms with Crippen LogP contribution in [0.1, 0.15) is 57.8 Å². The van der Waals surface area contributed by atoms with Crippen molar-refractivity contribution in [2.75, 3.05) is 19.0 Å². The SMILES string of the molecule is SCC1(COCCC2CC2)CCCCCC1. The van der Waals surface area contributed by atoms with E-state index in [0.717, 1.165) is 24.9 Å². The second-order valence-corrected chi connectivity index (χ2v) is 6.17. The molecule has 0 aliphatic heterocycles. The van der Waals surface area contributed by atoms with E-state index >= 15 is 0 Å². The zero-order valence-electron chi connectivity index (χ0n) is 10.4. The number of thiol groups is 1. The summed E-state index contributed by atoms with van der Waals surface area (Å²) in [5, 5.41) is 0. The summed E-state index contributed by atoms with van der Waals surface area (Å²) in [5.74, 6) is 2.01. The van der Waals surface area contributed by atoms with Crippen LogP contribution in [0.15, 0.2) is 0 Å². The lowest BCUT2D eigenvalue weighted by atomic mass is 9.83. The maximum Gasteiger partial charge on any atom is 0.0530 e. The Bertz CT molecular complexity index is 193. The van der Waals surface area contributed by atoms with Crippen molar-refractivity contribution < 1.29 is 4.74 Å². The molecule has 2 aliphatic rings. The predicted molar refractivity (Wildman–Crippen MR) is 72.1 cm³/mol. The lowest BCUT2D eigenvalue weighted by Gasteiger charge is -2.30. The average Bonchev–Trinajstić information content (AvgIpc) is 3.13. The van der Waals surface area contributed by atoms with E-state index in [0.29, 0.717) is 5.41 Å². The highest BCUT2D eigenvalue weighted by atomic mass is 32.1. The number of rotatable bonds is 6. The Morgan fingerprint density at radius 3 is 2.31 bits per heavy atom. The topological polar surface area (TPSA) is 9.23 Å². The first-order chi connectivity index (χ1) is 7.85. The van der Waals surface area contributed by atoms with E-state index in [2.05, 4.69) is 12.6 Å². The van der Waals surface area contributed by atoms with Gasteiger partial charge in [0, 0.05) is 12.0 Å². The zero-order valence-corrected chi connectivity index (χ0v) is 11.3. The van der Waals surface area contributed by atoms with Crippen molar-refractivity contribution in [2.24, 2.45) is 11.3 Å². The third-order valence-corrected chi connectivity index (χ3v) is 4.95. The van der Waals surface area contributed by atoms with Gasteiger partial charge >= 0.3 is 0 Å². The summed E-state index contributed by atoms with van der Waals surface area (Å²) in [6, 6.07) is 0. The summed E-state index contributed by atoms with van der Waals surface area (Å²) >= 11 is 4.57. The van der Waals surface area contributed by atoms with Gasteiger partial charge in [0.15, 0.2) is 0 Å². The van der Waals surface area contributed by atoms with Crippen molar-refractivity contribution in [3.8, 4) is 0 Å². The fraction of sp³-hybridized carbons (Fsp3) is 1.00. The molecule has 0 aromatic rings. The van der Waals surface area contributed by atoms with Crippen molar-refractivity contribution >= 4 is 12.6 Å². The summed E-state index contributed by atoms with van der Waals surface area (Å²) in [6.45, 7) is 1.95. The van der Waals surface area contributed by atoms with Gasteiger partial charge in [-0.1, -0.05) is 38.5 Å². The molecule has 0 radical (unpaired) electrons. The van der Waals surface area contributed by atoms with Gasteiger partial charge < -0.3 is 4.74 Å². The monoisotopic (exact) mass is 242 g/mol. The van der Waals surface area contributed by atoms with Gasteiger partial charge in [-0.2, -0.15) is 12.6 Å². The normalized spacial score (nSPS) is 25.3. The van der Waals surface area contributed by atoms with Crippen LogP contribution in [0.25, 0.3) is 0 Å². The Balaban J connectivity index is 1.68. The van der Waals surface area contributed by atoms with Crippen LogP contribution in [0, 0.1) is 11.3 Å². The van der Waals surface area contributed by atoms with Crippen molar-refractivity contribution in [1.29, 1.82) is 0 Å². The van der Waals surface area contributed by atoms with Gasteiger partial charge in [-0.05, 0) is 30.9 Å². The molecule has 0 saturated heterocycles. The van der Waals surface area contributed by atoms with Crippen molar-refractivity contribution in [1.82, 2.24) is 0 Å². The quantitative estimate of drug-likeness (QED) is 0.419. The smallest absolute Gasteiger partial charge is 0.0530 e. The molecule has 0 unspecified atom stereocenters. The van der Waals surface area contributed by atoms with Gasteiger partial charge in [0.05, 0.1) is 6.61 Å². The Kier molecular flexibility index (Phi) is 5.02. The van der Waals surface area contributed by atoms with Crippen LogP contribution >= 0.6 is 12.6 Å². The molecule has 0 aromatic carbocycles. The van der Waals surface area contributed by atoms with E-state index in [1.165, 1.54) is 57.8 Å². The third kappa shape index (κ3) is 3.96. The van der Waals surface area contributed by atoms with Crippen LogP contribution in [0.3, 0.4) is 0 Å². The van der Waals surface area contributed by atoms with E-state index in [1.54, 1.807) is 0 Å². The maximum absolute atomic E-state index is 5.92. The Morgan fingerprint density at radius 1 is 1.06 bits per heavy atom. The highest BCUT2D eigenvalue weighted by Gasteiger charge is 2.30. The number of hydrogen-bond donors (Lipinski definition) is 1. The molecule has 2 aliphatic carbocycles. The summed E-state index contributed by atoms with van der Waals surface area (Å²) in [4.78, 5) is 0. The van der Waals surface area contributed by atoms with Gasteiger partial charge in [0.2, 0.25) is 0 Å². The number of ether oxygens (including phenoxy) is 1. The van der Waals surface area contributed by atoms with Crippen LogP contribution in [0.4, 0.5) is 0 Å². The summed E-state index contributed by atoms with van der Waals surface area (Å²) < 4.78 is 5.92.